The number of anilines is 1. The highest BCUT2D eigenvalue weighted by Gasteiger charge is 2.32. The van der Waals surface area contributed by atoms with Crippen molar-refractivity contribution in [3.63, 3.8) is 0 Å². The van der Waals surface area contributed by atoms with Crippen LogP contribution in [0.15, 0.2) is 48.5 Å². The number of hydrogen-bond acceptors (Lipinski definition) is 6. The number of rotatable bonds is 10. The molecular weight excluding hydrogens is 482 g/mol. The van der Waals surface area contributed by atoms with E-state index in [-0.39, 0.29) is 31.0 Å². The summed E-state index contributed by atoms with van der Waals surface area (Å²) in [6, 6.07) is 13.5. The van der Waals surface area contributed by atoms with E-state index in [1.165, 1.54) is 11.8 Å². The summed E-state index contributed by atoms with van der Waals surface area (Å²) < 4.78 is 37.9. The number of ether oxygens (including phenoxy) is 2. The number of hydrogen-bond donors (Lipinski definition) is 1. The van der Waals surface area contributed by atoms with Gasteiger partial charge in [-0.3, -0.25) is 13.9 Å². The normalized spacial score (nSPS) is 15.9. The second-order valence-corrected chi connectivity index (χ2v) is 11.3. The molecule has 36 heavy (non-hydrogen) atoms. The molecule has 1 unspecified atom stereocenters. The van der Waals surface area contributed by atoms with E-state index in [1.807, 2.05) is 30.3 Å². The molecule has 2 aliphatic rings. The predicted octanol–water partition coefficient (Wildman–Crippen LogP) is 3.05. The monoisotopic (exact) mass is 515 g/mol. The molecule has 9 nitrogen and oxygen atoms in total. The van der Waals surface area contributed by atoms with E-state index in [0.29, 0.717) is 17.2 Å². The van der Waals surface area contributed by atoms with Crippen molar-refractivity contribution in [2.45, 2.75) is 58.2 Å². The molecule has 0 radical (unpaired) electrons. The molecule has 0 aromatic heterocycles. The van der Waals surface area contributed by atoms with Crippen LogP contribution >= 0.6 is 0 Å². The average molecular weight is 516 g/mol. The summed E-state index contributed by atoms with van der Waals surface area (Å²) in [5.74, 6) is 0.0378. The van der Waals surface area contributed by atoms with Crippen LogP contribution in [0.3, 0.4) is 0 Å². The van der Waals surface area contributed by atoms with Crippen molar-refractivity contribution < 1.29 is 27.5 Å². The van der Waals surface area contributed by atoms with Gasteiger partial charge in [-0.2, -0.15) is 0 Å². The minimum atomic E-state index is -3.81. The van der Waals surface area contributed by atoms with Gasteiger partial charge in [0.15, 0.2) is 11.5 Å². The fraction of sp³-hybridized carbons (Fsp3) is 0.462. The van der Waals surface area contributed by atoms with Crippen molar-refractivity contribution >= 4 is 27.5 Å². The Labute approximate surface area is 212 Å². The number of fused-ring (bicyclic) bond motifs is 1. The van der Waals surface area contributed by atoms with Crippen molar-refractivity contribution in [1.29, 1.82) is 0 Å². The lowest BCUT2D eigenvalue weighted by atomic mass is 10.1. The molecule has 1 N–H and O–H groups in total. The molecule has 1 aliphatic heterocycles. The van der Waals surface area contributed by atoms with Crippen LogP contribution in [0, 0.1) is 0 Å². The van der Waals surface area contributed by atoms with E-state index in [1.54, 1.807) is 25.1 Å². The second kappa shape index (κ2) is 11.2. The van der Waals surface area contributed by atoms with Crippen LogP contribution in [0.2, 0.25) is 0 Å². The second-order valence-electron chi connectivity index (χ2n) is 9.12. The van der Waals surface area contributed by atoms with Crippen LogP contribution in [-0.4, -0.2) is 56.3 Å². The molecule has 1 atom stereocenters. The van der Waals surface area contributed by atoms with Crippen molar-refractivity contribution in [1.82, 2.24) is 10.2 Å². The molecule has 2 aromatic carbocycles. The van der Waals surface area contributed by atoms with Gasteiger partial charge in [0.1, 0.15) is 12.6 Å². The third-order valence-electron chi connectivity index (χ3n) is 6.69. The third kappa shape index (κ3) is 5.92. The molecule has 1 saturated carbocycles. The number of carbonyl (C=O) groups excluding carboxylic acids is 2. The molecule has 2 amide bonds. The van der Waals surface area contributed by atoms with Crippen molar-refractivity contribution in [2.24, 2.45) is 0 Å². The van der Waals surface area contributed by atoms with E-state index in [9.17, 15) is 18.0 Å². The Balaban J connectivity index is 1.60. The van der Waals surface area contributed by atoms with Gasteiger partial charge in [0.25, 0.3) is 0 Å². The van der Waals surface area contributed by atoms with Crippen LogP contribution in [0.5, 0.6) is 11.5 Å². The first kappa shape index (κ1) is 25.8. The lowest BCUT2D eigenvalue weighted by molar-refractivity contribution is -0.139. The van der Waals surface area contributed by atoms with Gasteiger partial charge in [-0.15, -0.1) is 0 Å². The van der Waals surface area contributed by atoms with E-state index in [0.717, 1.165) is 35.6 Å². The van der Waals surface area contributed by atoms with Crippen LogP contribution in [0.25, 0.3) is 0 Å². The van der Waals surface area contributed by atoms with Crippen LogP contribution in [0.4, 0.5) is 5.69 Å². The Morgan fingerprint density at radius 2 is 1.75 bits per heavy atom. The number of amides is 2. The van der Waals surface area contributed by atoms with Crippen molar-refractivity contribution in [3.8, 4) is 11.5 Å². The summed E-state index contributed by atoms with van der Waals surface area (Å²) in [5, 5.41) is 3.06. The highest BCUT2D eigenvalue weighted by Crippen LogP contribution is 2.36. The molecule has 1 fully saturated rings. The lowest BCUT2D eigenvalue weighted by Crippen LogP contribution is -2.52. The lowest BCUT2D eigenvalue weighted by Gasteiger charge is -2.32. The van der Waals surface area contributed by atoms with E-state index in [2.05, 4.69) is 5.32 Å². The predicted molar refractivity (Wildman–Crippen MR) is 136 cm³/mol. The number of nitrogens with one attached hydrogen (secondary N) is 1. The van der Waals surface area contributed by atoms with Gasteiger partial charge < -0.3 is 19.7 Å². The topological polar surface area (TPSA) is 105 Å². The van der Waals surface area contributed by atoms with Crippen molar-refractivity contribution in [3.05, 3.63) is 54.1 Å². The first-order chi connectivity index (χ1) is 17.3. The third-order valence-corrected chi connectivity index (χ3v) is 8.43. The first-order valence-electron chi connectivity index (χ1n) is 12.3. The molecule has 1 heterocycles. The van der Waals surface area contributed by atoms with Gasteiger partial charge in [0, 0.05) is 18.7 Å². The zero-order valence-corrected chi connectivity index (χ0v) is 21.5. The number of nitrogens with zero attached hydrogens (tertiary/aromatic N) is 2. The number of sulfonamides is 1. The Kier molecular flexibility index (Phi) is 8.03. The molecule has 4 rings (SSSR count). The summed E-state index contributed by atoms with van der Waals surface area (Å²) in [6.07, 6.45) is 4.01. The number of carbonyl (C=O) groups is 2. The fourth-order valence-electron chi connectivity index (χ4n) is 4.51. The molecule has 0 spiro atoms. The Morgan fingerprint density at radius 3 is 2.44 bits per heavy atom. The summed E-state index contributed by atoms with van der Waals surface area (Å²) in [4.78, 5) is 28.2. The molecule has 194 valence electrons. The molecular formula is C26H33N3O6S. The maximum atomic E-state index is 13.7. The summed E-state index contributed by atoms with van der Waals surface area (Å²) in [7, 11) is -3.81. The van der Waals surface area contributed by atoms with Crippen LogP contribution in [0.1, 0.15) is 45.1 Å². The quantitative estimate of drug-likeness (QED) is 0.522. The summed E-state index contributed by atoms with van der Waals surface area (Å²) in [6.45, 7) is 3.00. The Morgan fingerprint density at radius 1 is 1.06 bits per heavy atom. The van der Waals surface area contributed by atoms with Gasteiger partial charge in [-0.05, 0) is 44.4 Å². The van der Waals surface area contributed by atoms with Gasteiger partial charge in [0.05, 0.1) is 11.4 Å². The maximum absolute atomic E-state index is 13.7. The highest BCUT2D eigenvalue weighted by molar-refractivity contribution is 7.92. The minimum Gasteiger partial charge on any atom is -0.454 e. The Hall–Kier alpha value is -3.27. The van der Waals surface area contributed by atoms with Gasteiger partial charge in [-0.25, -0.2) is 8.42 Å². The van der Waals surface area contributed by atoms with E-state index < -0.39 is 28.5 Å². The average Bonchev–Trinajstić information content (AvgIpc) is 3.57. The molecule has 2 aromatic rings. The highest BCUT2D eigenvalue weighted by atomic mass is 32.2. The Bertz CT molecular complexity index is 1180. The zero-order chi connectivity index (χ0) is 25.7. The number of benzene rings is 2. The van der Waals surface area contributed by atoms with Crippen LogP contribution in [-0.2, 0) is 26.2 Å². The van der Waals surface area contributed by atoms with Gasteiger partial charge in [0.2, 0.25) is 28.6 Å². The smallest absolute Gasteiger partial charge is 0.244 e. The molecule has 0 bridgehead atoms. The van der Waals surface area contributed by atoms with E-state index in [4.69, 9.17) is 9.47 Å². The largest absolute Gasteiger partial charge is 0.454 e. The standard InChI is InChI=1S/C26H33N3O6S/c1-3-36(32,33)29(22-13-14-23-24(15-22)35-18-34-23)17-25(30)28(16-20-9-5-4-6-10-20)19(2)26(31)27-21-11-7-8-12-21/h4-6,9-10,13-15,19,21H,3,7-8,11-12,16-18H2,1-2H3,(H,27,31). The van der Waals surface area contributed by atoms with E-state index >= 15 is 0 Å². The fourth-order valence-corrected chi connectivity index (χ4v) is 5.57. The first-order valence-corrected chi connectivity index (χ1v) is 13.9. The SMILES string of the molecule is CCS(=O)(=O)N(CC(=O)N(Cc1ccccc1)C(C)C(=O)NC1CCCC1)c1ccc2c(c1)OCO2. The summed E-state index contributed by atoms with van der Waals surface area (Å²) in [5.41, 5.74) is 1.15. The van der Waals surface area contributed by atoms with Gasteiger partial charge >= 0.3 is 0 Å². The van der Waals surface area contributed by atoms with Gasteiger partial charge in [-0.1, -0.05) is 43.2 Å². The molecule has 0 saturated heterocycles. The maximum Gasteiger partial charge on any atom is 0.244 e. The summed E-state index contributed by atoms with van der Waals surface area (Å²) >= 11 is 0. The molecule has 10 heteroatoms. The molecule has 1 aliphatic carbocycles. The zero-order valence-electron chi connectivity index (χ0n) is 20.7. The minimum absolute atomic E-state index is 0.0523. The van der Waals surface area contributed by atoms with Crippen molar-refractivity contribution in [2.75, 3.05) is 23.4 Å². The van der Waals surface area contributed by atoms with Crippen LogP contribution < -0.4 is 19.1 Å².